The fraction of sp³-hybridized carbons (Fsp3) is 0.500. The highest BCUT2D eigenvalue weighted by molar-refractivity contribution is 7.80. The predicted octanol–water partition coefficient (Wildman–Crippen LogP) is 1.53. The molecule has 0 unspecified atom stereocenters. The van der Waals surface area contributed by atoms with Crippen LogP contribution >= 0.6 is 12.2 Å². The van der Waals surface area contributed by atoms with Crippen molar-refractivity contribution in [2.75, 3.05) is 25.0 Å². The number of amides is 1. The van der Waals surface area contributed by atoms with Gasteiger partial charge in [-0.2, -0.15) is 0 Å². The van der Waals surface area contributed by atoms with Crippen LogP contribution < -0.4 is 11.1 Å². The monoisotopic (exact) mass is 292 g/mol. The van der Waals surface area contributed by atoms with Crippen molar-refractivity contribution >= 4 is 28.8 Å². The largest absolute Gasteiger partial charge is 0.389 e. The third-order valence-electron chi connectivity index (χ3n) is 3.45. The third kappa shape index (κ3) is 3.90. The lowest BCUT2D eigenvalue weighted by molar-refractivity contribution is -0.131. The van der Waals surface area contributed by atoms with E-state index < -0.39 is 0 Å². The number of nitrogens with one attached hydrogen (secondary N) is 1. The molecule has 5 nitrogen and oxygen atoms in total. The number of aromatic nitrogens is 1. The van der Waals surface area contributed by atoms with E-state index in [1.54, 1.807) is 18.5 Å². The predicted molar refractivity (Wildman–Crippen MR) is 83.7 cm³/mol. The molecule has 0 spiro atoms. The molecule has 0 aromatic carbocycles. The van der Waals surface area contributed by atoms with E-state index in [2.05, 4.69) is 10.3 Å². The Bertz CT molecular complexity index is 486. The molecule has 1 aliphatic heterocycles. The SMILES string of the molecule is NC(=S)c1ccncc1NCCC(=O)N1CCCCC1. The summed E-state index contributed by atoms with van der Waals surface area (Å²) >= 11 is 4.99. The van der Waals surface area contributed by atoms with Gasteiger partial charge in [0.05, 0.1) is 11.9 Å². The minimum Gasteiger partial charge on any atom is -0.389 e. The maximum atomic E-state index is 12.0. The molecule has 1 fully saturated rings. The van der Waals surface area contributed by atoms with E-state index in [9.17, 15) is 4.79 Å². The summed E-state index contributed by atoms with van der Waals surface area (Å²) in [5, 5.41) is 3.19. The van der Waals surface area contributed by atoms with Crippen molar-refractivity contribution in [3.63, 3.8) is 0 Å². The summed E-state index contributed by atoms with van der Waals surface area (Å²) in [6, 6.07) is 1.77. The maximum absolute atomic E-state index is 12.0. The number of thiocarbonyl (C=S) groups is 1. The first-order valence-electron chi connectivity index (χ1n) is 6.94. The second-order valence-electron chi connectivity index (χ2n) is 4.90. The van der Waals surface area contributed by atoms with Gasteiger partial charge in [-0.05, 0) is 25.3 Å². The molecule has 0 atom stereocenters. The number of piperidine rings is 1. The Hall–Kier alpha value is -1.69. The fourth-order valence-corrected chi connectivity index (χ4v) is 2.53. The van der Waals surface area contributed by atoms with Crippen LogP contribution in [0.2, 0.25) is 0 Å². The molecule has 1 aromatic heterocycles. The number of nitrogens with zero attached hydrogens (tertiary/aromatic N) is 2. The molecule has 0 saturated carbocycles. The first kappa shape index (κ1) is 14.7. The van der Waals surface area contributed by atoms with Gasteiger partial charge in [-0.1, -0.05) is 12.2 Å². The summed E-state index contributed by atoms with van der Waals surface area (Å²) in [6.45, 7) is 2.35. The zero-order valence-electron chi connectivity index (χ0n) is 11.5. The zero-order valence-corrected chi connectivity index (χ0v) is 12.3. The van der Waals surface area contributed by atoms with E-state index in [0.717, 1.165) is 37.2 Å². The Balaban J connectivity index is 1.83. The molecule has 2 heterocycles. The molecule has 20 heavy (non-hydrogen) atoms. The van der Waals surface area contributed by atoms with E-state index in [1.807, 2.05) is 4.90 Å². The van der Waals surface area contributed by atoms with Gasteiger partial charge < -0.3 is 16.0 Å². The highest BCUT2D eigenvalue weighted by Crippen LogP contribution is 2.14. The molecule has 0 bridgehead atoms. The molecule has 0 radical (unpaired) electrons. The maximum Gasteiger partial charge on any atom is 0.224 e. The first-order valence-corrected chi connectivity index (χ1v) is 7.35. The lowest BCUT2D eigenvalue weighted by Crippen LogP contribution is -2.36. The highest BCUT2D eigenvalue weighted by Gasteiger charge is 2.15. The Morgan fingerprint density at radius 1 is 1.40 bits per heavy atom. The van der Waals surface area contributed by atoms with Gasteiger partial charge in [0.25, 0.3) is 0 Å². The van der Waals surface area contributed by atoms with Gasteiger partial charge in [0, 0.05) is 37.8 Å². The number of likely N-dealkylation sites (tertiary alicyclic amines) is 1. The Labute approximate surface area is 124 Å². The van der Waals surface area contributed by atoms with E-state index >= 15 is 0 Å². The molecule has 1 saturated heterocycles. The zero-order chi connectivity index (χ0) is 14.4. The van der Waals surface area contributed by atoms with E-state index in [0.29, 0.717) is 18.0 Å². The number of carbonyl (C=O) groups is 1. The number of hydrogen-bond acceptors (Lipinski definition) is 4. The molecule has 0 aliphatic carbocycles. The number of rotatable bonds is 5. The summed E-state index contributed by atoms with van der Waals surface area (Å²) in [6.07, 6.45) is 7.28. The molecule has 108 valence electrons. The Morgan fingerprint density at radius 3 is 2.85 bits per heavy atom. The van der Waals surface area contributed by atoms with Crippen molar-refractivity contribution in [3.8, 4) is 0 Å². The average molecular weight is 292 g/mol. The van der Waals surface area contributed by atoms with Crippen LogP contribution in [0.4, 0.5) is 5.69 Å². The summed E-state index contributed by atoms with van der Waals surface area (Å²) in [7, 11) is 0. The van der Waals surface area contributed by atoms with Gasteiger partial charge in [0.1, 0.15) is 4.99 Å². The molecule has 6 heteroatoms. The van der Waals surface area contributed by atoms with Crippen LogP contribution in [0.15, 0.2) is 18.5 Å². The van der Waals surface area contributed by atoms with Crippen LogP contribution in [0.3, 0.4) is 0 Å². The Kier molecular flexibility index (Phi) is 5.29. The number of pyridine rings is 1. The van der Waals surface area contributed by atoms with Gasteiger partial charge in [0.2, 0.25) is 5.91 Å². The van der Waals surface area contributed by atoms with Gasteiger partial charge in [-0.3, -0.25) is 9.78 Å². The number of hydrogen-bond donors (Lipinski definition) is 2. The van der Waals surface area contributed by atoms with E-state index in [4.69, 9.17) is 18.0 Å². The smallest absolute Gasteiger partial charge is 0.224 e. The second-order valence-corrected chi connectivity index (χ2v) is 5.34. The summed E-state index contributed by atoms with van der Waals surface area (Å²) in [5.41, 5.74) is 7.20. The number of anilines is 1. The minimum absolute atomic E-state index is 0.206. The van der Waals surface area contributed by atoms with Crippen molar-refractivity contribution in [2.45, 2.75) is 25.7 Å². The van der Waals surface area contributed by atoms with Crippen LogP contribution in [0.25, 0.3) is 0 Å². The van der Waals surface area contributed by atoms with E-state index in [-0.39, 0.29) is 5.91 Å². The van der Waals surface area contributed by atoms with Crippen LogP contribution in [0.5, 0.6) is 0 Å². The standard InChI is InChI=1S/C14H20N4OS/c15-14(20)11-4-6-16-10-12(11)17-7-5-13(19)18-8-2-1-3-9-18/h4,6,10,17H,1-3,5,7-9H2,(H2,15,20). The highest BCUT2D eigenvalue weighted by atomic mass is 32.1. The Morgan fingerprint density at radius 2 is 2.15 bits per heavy atom. The molecule has 1 amide bonds. The minimum atomic E-state index is 0.206. The van der Waals surface area contributed by atoms with Crippen LogP contribution in [0.1, 0.15) is 31.2 Å². The summed E-state index contributed by atoms with van der Waals surface area (Å²) in [4.78, 5) is 18.3. The second kappa shape index (κ2) is 7.19. The van der Waals surface area contributed by atoms with Crippen molar-refractivity contribution in [1.82, 2.24) is 9.88 Å². The van der Waals surface area contributed by atoms with Crippen molar-refractivity contribution in [2.24, 2.45) is 5.73 Å². The molecule has 1 aliphatic rings. The van der Waals surface area contributed by atoms with Crippen molar-refractivity contribution < 1.29 is 4.79 Å². The summed E-state index contributed by atoms with van der Waals surface area (Å²) < 4.78 is 0. The molecule has 2 rings (SSSR count). The van der Waals surface area contributed by atoms with Gasteiger partial charge in [-0.25, -0.2) is 0 Å². The topological polar surface area (TPSA) is 71.2 Å². The van der Waals surface area contributed by atoms with Crippen LogP contribution in [-0.2, 0) is 4.79 Å². The van der Waals surface area contributed by atoms with Gasteiger partial charge >= 0.3 is 0 Å². The number of nitrogens with two attached hydrogens (primary N) is 1. The summed E-state index contributed by atoms with van der Waals surface area (Å²) in [5.74, 6) is 0.206. The van der Waals surface area contributed by atoms with Crippen LogP contribution in [-0.4, -0.2) is 40.4 Å². The molecule has 3 N–H and O–H groups in total. The lowest BCUT2D eigenvalue weighted by atomic mass is 10.1. The molecule has 1 aromatic rings. The van der Waals surface area contributed by atoms with Crippen LogP contribution in [0, 0.1) is 0 Å². The lowest BCUT2D eigenvalue weighted by Gasteiger charge is -2.26. The quantitative estimate of drug-likeness (QED) is 0.805. The van der Waals surface area contributed by atoms with E-state index in [1.165, 1.54) is 6.42 Å². The fourth-order valence-electron chi connectivity index (χ4n) is 2.36. The van der Waals surface area contributed by atoms with Gasteiger partial charge in [-0.15, -0.1) is 0 Å². The normalized spacial score (nSPS) is 14.9. The third-order valence-corrected chi connectivity index (χ3v) is 3.67. The average Bonchev–Trinajstić information content (AvgIpc) is 2.48. The number of carbonyl (C=O) groups excluding carboxylic acids is 1. The first-order chi connectivity index (χ1) is 9.68. The van der Waals surface area contributed by atoms with Crippen molar-refractivity contribution in [1.29, 1.82) is 0 Å². The van der Waals surface area contributed by atoms with Crippen molar-refractivity contribution in [3.05, 3.63) is 24.0 Å². The molecular weight excluding hydrogens is 272 g/mol. The molecular formula is C14H20N4OS. The van der Waals surface area contributed by atoms with Gasteiger partial charge in [0.15, 0.2) is 0 Å².